The van der Waals surface area contributed by atoms with Crippen LogP contribution in [0.15, 0.2) is 10.6 Å². The molecule has 1 aliphatic heterocycles. The molecule has 21 heavy (non-hydrogen) atoms. The van der Waals surface area contributed by atoms with Crippen LogP contribution in [0.4, 0.5) is 0 Å². The van der Waals surface area contributed by atoms with Crippen molar-refractivity contribution in [2.24, 2.45) is 0 Å². The first-order valence-corrected chi connectivity index (χ1v) is 7.12. The number of carbonyl (C=O) groups is 1. The molecule has 1 saturated heterocycles. The van der Waals surface area contributed by atoms with Crippen molar-refractivity contribution in [2.45, 2.75) is 26.4 Å². The van der Waals surface area contributed by atoms with E-state index in [2.05, 4.69) is 10.1 Å². The van der Waals surface area contributed by atoms with Gasteiger partial charge in [0.2, 0.25) is 0 Å². The van der Waals surface area contributed by atoms with E-state index < -0.39 is 5.60 Å². The molecule has 0 bridgehead atoms. The first kappa shape index (κ1) is 15.8. The number of piperazine rings is 1. The van der Waals surface area contributed by atoms with Gasteiger partial charge in [-0.1, -0.05) is 0 Å². The third-order valence-corrected chi connectivity index (χ3v) is 3.29. The lowest BCUT2D eigenvalue weighted by Crippen LogP contribution is -2.52. The zero-order chi connectivity index (χ0) is 15.5. The van der Waals surface area contributed by atoms with E-state index in [1.54, 1.807) is 31.7 Å². The van der Waals surface area contributed by atoms with E-state index in [4.69, 9.17) is 9.26 Å². The maximum absolute atomic E-state index is 12.0. The first-order chi connectivity index (χ1) is 9.83. The molecule has 0 saturated carbocycles. The number of nitrogens with zero attached hydrogens (tertiary/aromatic N) is 3. The van der Waals surface area contributed by atoms with Crippen LogP contribution >= 0.6 is 0 Å². The average molecular weight is 297 g/mol. The molecule has 0 aromatic carbocycles. The second-order valence-electron chi connectivity index (χ2n) is 6.03. The Bertz CT molecular complexity index is 473. The molecule has 7 nitrogen and oxygen atoms in total. The number of β-amino-alcohol motifs (C(OH)–C–C–N with tert-alkyl or cyclic N) is 1. The van der Waals surface area contributed by atoms with Crippen LogP contribution in [0.5, 0.6) is 5.88 Å². The quantitative estimate of drug-likeness (QED) is 0.841. The molecule has 2 heterocycles. The molecule has 1 fully saturated rings. The maximum Gasteiger partial charge on any atom is 0.260 e. The summed E-state index contributed by atoms with van der Waals surface area (Å²) in [6.45, 7) is 8.76. The van der Waals surface area contributed by atoms with Gasteiger partial charge in [0.15, 0.2) is 6.61 Å². The Morgan fingerprint density at radius 2 is 2.10 bits per heavy atom. The van der Waals surface area contributed by atoms with Gasteiger partial charge < -0.3 is 19.3 Å². The van der Waals surface area contributed by atoms with Crippen LogP contribution in [0.25, 0.3) is 0 Å². The molecule has 7 heteroatoms. The van der Waals surface area contributed by atoms with Gasteiger partial charge in [-0.25, -0.2) is 0 Å². The van der Waals surface area contributed by atoms with Crippen molar-refractivity contribution in [1.82, 2.24) is 15.0 Å². The number of amides is 1. The highest BCUT2D eigenvalue weighted by molar-refractivity contribution is 5.77. The van der Waals surface area contributed by atoms with Gasteiger partial charge in [-0.05, 0) is 25.9 Å². The second kappa shape index (κ2) is 6.44. The molecule has 1 aromatic rings. The Morgan fingerprint density at radius 3 is 2.62 bits per heavy atom. The number of aromatic nitrogens is 1. The molecule has 0 radical (unpaired) electrons. The fourth-order valence-corrected chi connectivity index (χ4v) is 2.34. The minimum Gasteiger partial charge on any atom is -0.465 e. The fourth-order valence-electron chi connectivity index (χ4n) is 2.34. The van der Waals surface area contributed by atoms with Crippen LogP contribution in [0.3, 0.4) is 0 Å². The third-order valence-electron chi connectivity index (χ3n) is 3.29. The molecule has 1 aromatic heterocycles. The summed E-state index contributed by atoms with van der Waals surface area (Å²) >= 11 is 0. The van der Waals surface area contributed by atoms with Gasteiger partial charge >= 0.3 is 0 Å². The Hall–Kier alpha value is -1.60. The predicted octanol–water partition coefficient (Wildman–Crippen LogP) is 0.277. The molecular weight excluding hydrogens is 274 g/mol. The van der Waals surface area contributed by atoms with E-state index in [1.165, 1.54) is 0 Å². The van der Waals surface area contributed by atoms with Gasteiger partial charge in [0.05, 0.1) is 5.60 Å². The van der Waals surface area contributed by atoms with Gasteiger partial charge in [0.25, 0.3) is 11.8 Å². The van der Waals surface area contributed by atoms with Gasteiger partial charge in [-0.2, -0.15) is 0 Å². The van der Waals surface area contributed by atoms with Gasteiger partial charge in [0, 0.05) is 38.8 Å². The molecule has 1 amide bonds. The number of ether oxygens (including phenoxy) is 1. The van der Waals surface area contributed by atoms with Crippen molar-refractivity contribution in [3.63, 3.8) is 0 Å². The average Bonchev–Trinajstić information content (AvgIpc) is 2.81. The molecule has 1 aliphatic rings. The molecular formula is C14H23N3O4. The van der Waals surface area contributed by atoms with Gasteiger partial charge in [-0.3, -0.25) is 9.69 Å². The molecule has 0 unspecified atom stereocenters. The fraction of sp³-hybridized carbons (Fsp3) is 0.714. The van der Waals surface area contributed by atoms with Crippen LogP contribution < -0.4 is 4.74 Å². The minimum atomic E-state index is -0.708. The number of carbonyl (C=O) groups excluding carboxylic acids is 1. The largest absolute Gasteiger partial charge is 0.465 e. The summed E-state index contributed by atoms with van der Waals surface area (Å²) in [7, 11) is 0. The Labute approximate surface area is 124 Å². The second-order valence-corrected chi connectivity index (χ2v) is 6.03. The molecule has 118 valence electrons. The van der Waals surface area contributed by atoms with Crippen LogP contribution in [0.2, 0.25) is 0 Å². The number of aryl methyl sites for hydroxylation is 1. The van der Waals surface area contributed by atoms with Crippen molar-refractivity contribution in [3.8, 4) is 5.88 Å². The highest BCUT2D eigenvalue weighted by Crippen LogP contribution is 2.11. The lowest BCUT2D eigenvalue weighted by atomic mass is 10.1. The van der Waals surface area contributed by atoms with Gasteiger partial charge in [0.1, 0.15) is 5.76 Å². The molecule has 0 atom stereocenters. The van der Waals surface area contributed by atoms with E-state index in [0.717, 1.165) is 13.1 Å². The summed E-state index contributed by atoms with van der Waals surface area (Å²) < 4.78 is 10.2. The molecule has 2 rings (SSSR count). The van der Waals surface area contributed by atoms with E-state index in [9.17, 15) is 9.90 Å². The summed E-state index contributed by atoms with van der Waals surface area (Å²) in [5.41, 5.74) is -0.708. The summed E-state index contributed by atoms with van der Waals surface area (Å²) in [6.07, 6.45) is 0. The highest BCUT2D eigenvalue weighted by Gasteiger charge is 2.25. The Morgan fingerprint density at radius 1 is 1.43 bits per heavy atom. The van der Waals surface area contributed by atoms with Crippen LogP contribution in [0, 0.1) is 6.92 Å². The third kappa shape index (κ3) is 5.02. The zero-order valence-electron chi connectivity index (χ0n) is 12.8. The van der Waals surface area contributed by atoms with Crippen molar-refractivity contribution >= 4 is 5.91 Å². The normalized spacial score (nSPS) is 17.0. The van der Waals surface area contributed by atoms with Gasteiger partial charge in [-0.15, -0.1) is 0 Å². The van der Waals surface area contributed by atoms with E-state index in [0.29, 0.717) is 31.3 Å². The Balaban J connectivity index is 1.73. The van der Waals surface area contributed by atoms with Crippen LogP contribution in [-0.4, -0.2) is 70.9 Å². The minimum absolute atomic E-state index is 0.0303. The van der Waals surface area contributed by atoms with Crippen LogP contribution in [0.1, 0.15) is 19.6 Å². The number of aliphatic hydroxyl groups is 1. The smallest absolute Gasteiger partial charge is 0.260 e. The maximum atomic E-state index is 12.0. The summed E-state index contributed by atoms with van der Waals surface area (Å²) in [6, 6.07) is 1.65. The zero-order valence-corrected chi connectivity index (χ0v) is 12.8. The lowest BCUT2D eigenvalue weighted by Gasteiger charge is -2.37. The van der Waals surface area contributed by atoms with E-state index >= 15 is 0 Å². The molecule has 0 spiro atoms. The number of rotatable bonds is 5. The molecule has 1 N–H and O–H groups in total. The van der Waals surface area contributed by atoms with Crippen molar-refractivity contribution in [1.29, 1.82) is 0 Å². The molecule has 0 aliphatic carbocycles. The predicted molar refractivity (Wildman–Crippen MR) is 76.1 cm³/mol. The monoisotopic (exact) mass is 297 g/mol. The standard InChI is InChI=1S/C14H23N3O4/c1-11-8-12(15-21-11)20-9-13(18)17-6-4-16(5-7-17)10-14(2,3)19/h8,19H,4-7,9-10H2,1-3H3. The van der Waals surface area contributed by atoms with Crippen molar-refractivity contribution < 1.29 is 19.2 Å². The first-order valence-electron chi connectivity index (χ1n) is 7.12. The van der Waals surface area contributed by atoms with Crippen molar-refractivity contribution in [2.75, 3.05) is 39.3 Å². The SMILES string of the molecule is Cc1cc(OCC(=O)N2CCN(CC(C)(C)O)CC2)no1. The van der Waals surface area contributed by atoms with Crippen LogP contribution in [-0.2, 0) is 4.79 Å². The number of hydrogen-bond acceptors (Lipinski definition) is 6. The summed E-state index contributed by atoms with van der Waals surface area (Å²) in [5.74, 6) is 0.928. The summed E-state index contributed by atoms with van der Waals surface area (Å²) in [4.78, 5) is 16.0. The Kier molecular flexibility index (Phi) is 4.84. The van der Waals surface area contributed by atoms with E-state index in [1.807, 2.05) is 0 Å². The topological polar surface area (TPSA) is 79.0 Å². The highest BCUT2D eigenvalue weighted by atomic mass is 16.5. The lowest BCUT2D eigenvalue weighted by molar-refractivity contribution is -0.135. The number of hydrogen-bond donors (Lipinski definition) is 1. The van der Waals surface area contributed by atoms with Crippen molar-refractivity contribution in [3.05, 3.63) is 11.8 Å². The summed E-state index contributed by atoms with van der Waals surface area (Å²) in [5, 5.41) is 13.5. The van der Waals surface area contributed by atoms with E-state index in [-0.39, 0.29) is 12.5 Å².